The highest BCUT2D eigenvalue weighted by Crippen LogP contribution is 2.34. The number of halogens is 1. The van der Waals surface area contributed by atoms with Crippen molar-refractivity contribution in [2.75, 3.05) is 26.9 Å². The molecule has 0 saturated heterocycles. The van der Waals surface area contributed by atoms with Crippen molar-refractivity contribution in [3.05, 3.63) is 22.7 Å². The van der Waals surface area contributed by atoms with E-state index in [1.165, 1.54) is 0 Å². The number of rotatable bonds is 8. The molecule has 0 bridgehead atoms. The van der Waals surface area contributed by atoms with Crippen molar-refractivity contribution in [2.24, 2.45) is 11.7 Å². The topological polar surface area (TPSA) is 53.7 Å². The predicted molar refractivity (Wildman–Crippen MR) is 77.0 cm³/mol. The van der Waals surface area contributed by atoms with Crippen molar-refractivity contribution >= 4 is 11.6 Å². The molecule has 108 valence electrons. The maximum absolute atomic E-state index is 5.98. The molecular formula is C14H22ClNO3. The Bertz CT molecular complexity index is 371. The summed E-state index contributed by atoms with van der Waals surface area (Å²) in [6, 6.07) is 3.50. The summed E-state index contributed by atoms with van der Waals surface area (Å²) in [6.45, 7) is 6.28. The molecule has 0 spiro atoms. The number of nitrogens with two attached hydrogens (primary N) is 1. The van der Waals surface area contributed by atoms with Gasteiger partial charge >= 0.3 is 0 Å². The molecular weight excluding hydrogens is 266 g/mol. The first-order valence-corrected chi connectivity index (χ1v) is 6.73. The smallest absolute Gasteiger partial charge is 0.165 e. The fourth-order valence-electron chi connectivity index (χ4n) is 1.61. The molecule has 19 heavy (non-hydrogen) atoms. The van der Waals surface area contributed by atoms with Crippen LogP contribution in [0, 0.1) is 5.92 Å². The van der Waals surface area contributed by atoms with Crippen molar-refractivity contribution in [1.82, 2.24) is 0 Å². The summed E-state index contributed by atoms with van der Waals surface area (Å²) in [6.07, 6.45) is 0. The molecule has 0 atom stereocenters. The summed E-state index contributed by atoms with van der Waals surface area (Å²) in [7, 11) is 1.58. The van der Waals surface area contributed by atoms with Gasteiger partial charge in [0.1, 0.15) is 6.61 Å². The largest absolute Gasteiger partial charge is 0.493 e. The minimum atomic E-state index is 0.346. The zero-order chi connectivity index (χ0) is 14.3. The van der Waals surface area contributed by atoms with Crippen LogP contribution in [0.5, 0.6) is 11.5 Å². The highest BCUT2D eigenvalue weighted by Gasteiger charge is 2.11. The molecule has 0 radical (unpaired) electrons. The second kappa shape index (κ2) is 8.25. The molecule has 1 rings (SSSR count). The van der Waals surface area contributed by atoms with E-state index in [4.69, 9.17) is 31.5 Å². The fourth-order valence-corrected chi connectivity index (χ4v) is 1.84. The molecule has 5 heteroatoms. The van der Waals surface area contributed by atoms with Crippen LogP contribution in [0.25, 0.3) is 0 Å². The first-order valence-electron chi connectivity index (χ1n) is 6.35. The molecule has 0 amide bonds. The number of methoxy groups -OCH3 is 1. The number of hydrogen-bond donors (Lipinski definition) is 1. The Hall–Kier alpha value is -0.970. The third-order valence-electron chi connectivity index (χ3n) is 2.46. The third kappa shape index (κ3) is 5.27. The van der Waals surface area contributed by atoms with E-state index in [9.17, 15) is 0 Å². The first-order chi connectivity index (χ1) is 9.08. The Morgan fingerprint density at radius 2 is 2.00 bits per heavy atom. The maximum atomic E-state index is 5.98. The molecule has 1 aromatic carbocycles. The van der Waals surface area contributed by atoms with Gasteiger partial charge in [0.05, 0.1) is 13.7 Å². The van der Waals surface area contributed by atoms with Gasteiger partial charge in [-0.2, -0.15) is 0 Å². The number of ether oxygens (including phenoxy) is 3. The third-order valence-corrected chi connectivity index (χ3v) is 2.68. The van der Waals surface area contributed by atoms with Gasteiger partial charge in [0.15, 0.2) is 11.5 Å². The van der Waals surface area contributed by atoms with E-state index >= 15 is 0 Å². The summed E-state index contributed by atoms with van der Waals surface area (Å²) in [5, 5.41) is 0.584. The van der Waals surface area contributed by atoms with Crippen molar-refractivity contribution in [2.45, 2.75) is 20.4 Å². The Kier molecular flexibility index (Phi) is 6.99. The lowest BCUT2D eigenvalue weighted by Crippen LogP contribution is -2.12. The highest BCUT2D eigenvalue weighted by molar-refractivity contribution is 6.30. The molecule has 0 aliphatic rings. The quantitative estimate of drug-likeness (QED) is 0.747. The normalized spacial score (nSPS) is 10.8. The summed E-state index contributed by atoms with van der Waals surface area (Å²) in [4.78, 5) is 0. The van der Waals surface area contributed by atoms with Crippen LogP contribution in [0.4, 0.5) is 0 Å². The van der Waals surface area contributed by atoms with Gasteiger partial charge in [-0.15, -0.1) is 0 Å². The van der Waals surface area contributed by atoms with E-state index in [1.54, 1.807) is 19.2 Å². The zero-order valence-corrected chi connectivity index (χ0v) is 12.5. The van der Waals surface area contributed by atoms with Crippen LogP contribution in [0.2, 0.25) is 5.02 Å². The molecule has 1 aromatic rings. The Labute approximate surface area is 119 Å². The lowest BCUT2D eigenvalue weighted by atomic mass is 10.2. The van der Waals surface area contributed by atoms with Crippen molar-refractivity contribution in [1.29, 1.82) is 0 Å². The van der Waals surface area contributed by atoms with E-state index in [0.717, 1.165) is 12.2 Å². The van der Waals surface area contributed by atoms with Gasteiger partial charge in [0, 0.05) is 29.8 Å². The van der Waals surface area contributed by atoms with Gasteiger partial charge in [-0.25, -0.2) is 0 Å². The molecule has 0 unspecified atom stereocenters. The monoisotopic (exact) mass is 287 g/mol. The molecule has 0 heterocycles. The van der Waals surface area contributed by atoms with Gasteiger partial charge in [0.2, 0.25) is 0 Å². The number of benzene rings is 1. The minimum Gasteiger partial charge on any atom is -0.493 e. The van der Waals surface area contributed by atoms with Crippen molar-refractivity contribution < 1.29 is 14.2 Å². The van der Waals surface area contributed by atoms with E-state index in [1.807, 2.05) is 0 Å². The Morgan fingerprint density at radius 1 is 1.26 bits per heavy atom. The van der Waals surface area contributed by atoms with Crippen LogP contribution in [0.1, 0.15) is 19.4 Å². The van der Waals surface area contributed by atoms with Crippen LogP contribution in [0.15, 0.2) is 12.1 Å². The molecule has 0 saturated carbocycles. The van der Waals surface area contributed by atoms with Crippen LogP contribution < -0.4 is 15.2 Å². The van der Waals surface area contributed by atoms with E-state index in [-0.39, 0.29) is 0 Å². The van der Waals surface area contributed by atoms with Crippen LogP contribution in [0.3, 0.4) is 0 Å². The summed E-state index contributed by atoms with van der Waals surface area (Å²) < 4.78 is 16.4. The van der Waals surface area contributed by atoms with Gasteiger partial charge < -0.3 is 19.9 Å². The van der Waals surface area contributed by atoms with Gasteiger partial charge in [0.25, 0.3) is 0 Å². The first kappa shape index (κ1) is 16.1. The zero-order valence-electron chi connectivity index (χ0n) is 11.7. The maximum Gasteiger partial charge on any atom is 0.165 e. The average Bonchev–Trinajstić information content (AvgIpc) is 2.38. The summed E-state index contributed by atoms with van der Waals surface area (Å²) >= 11 is 5.98. The highest BCUT2D eigenvalue weighted by atomic mass is 35.5. The SMILES string of the molecule is COc1cc(Cl)cc(CN)c1OCCOCC(C)C. The van der Waals surface area contributed by atoms with Crippen molar-refractivity contribution in [3.8, 4) is 11.5 Å². The van der Waals surface area contributed by atoms with Gasteiger partial charge in [-0.05, 0) is 12.0 Å². The van der Waals surface area contributed by atoms with Crippen molar-refractivity contribution in [3.63, 3.8) is 0 Å². The molecule has 0 aliphatic carbocycles. The van der Waals surface area contributed by atoms with E-state index in [0.29, 0.717) is 42.2 Å². The Balaban J connectivity index is 2.61. The van der Waals surface area contributed by atoms with E-state index in [2.05, 4.69) is 13.8 Å². The second-order valence-electron chi connectivity index (χ2n) is 4.62. The molecule has 4 nitrogen and oxygen atoms in total. The summed E-state index contributed by atoms with van der Waals surface area (Å²) in [5.41, 5.74) is 6.51. The second-order valence-corrected chi connectivity index (χ2v) is 5.05. The van der Waals surface area contributed by atoms with Gasteiger partial charge in [-0.3, -0.25) is 0 Å². The summed E-state index contributed by atoms with van der Waals surface area (Å²) in [5.74, 6) is 1.75. The van der Waals surface area contributed by atoms with Crippen LogP contribution in [-0.2, 0) is 11.3 Å². The predicted octanol–water partition coefficient (Wildman–Crippen LogP) is 2.86. The lowest BCUT2D eigenvalue weighted by molar-refractivity contribution is 0.0808. The average molecular weight is 288 g/mol. The van der Waals surface area contributed by atoms with E-state index < -0.39 is 0 Å². The minimum absolute atomic E-state index is 0.346. The molecule has 0 aromatic heterocycles. The van der Waals surface area contributed by atoms with Gasteiger partial charge in [-0.1, -0.05) is 25.4 Å². The fraction of sp³-hybridized carbons (Fsp3) is 0.571. The number of hydrogen-bond acceptors (Lipinski definition) is 4. The molecule has 0 aliphatic heterocycles. The lowest BCUT2D eigenvalue weighted by Gasteiger charge is -2.15. The van der Waals surface area contributed by atoms with Crippen LogP contribution in [-0.4, -0.2) is 26.9 Å². The molecule has 2 N–H and O–H groups in total. The standard InChI is InChI=1S/C14H22ClNO3/c1-10(2)9-18-4-5-19-14-11(8-16)6-12(15)7-13(14)17-3/h6-7,10H,4-5,8-9,16H2,1-3H3. The molecule has 0 fully saturated rings. The Morgan fingerprint density at radius 3 is 2.58 bits per heavy atom. The van der Waals surface area contributed by atoms with Crippen LogP contribution >= 0.6 is 11.6 Å².